The Balaban J connectivity index is 1.75. The Kier molecular flexibility index (Phi) is 8.65. The monoisotopic (exact) mass is 683 g/mol. The highest BCUT2D eigenvalue weighted by Gasteiger charge is 2.35. The summed E-state index contributed by atoms with van der Waals surface area (Å²) in [5, 5.41) is 0.279. The smallest absolute Gasteiger partial charge is 0.344 e. The van der Waals surface area contributed by atoms with E-state index in [2.05, 4.69) is 45.2 Å². The number of imide groups is 1. The molecular weight excluding hydrogens is 668 g/mol. The Bertz CT molecular complexity index is 1040. The van der Waals surface area contributed by atoms with Gasteiger partial charge in [-0.1, -0.05) is 23.7 Å². The number of thioether (sulfide) groups is 1. The number of esters is 1. The average Bonchev–Trinajstić information content (AvgIpc) is 2.96. The van der Waals surface area contributed by atoms with Crippen molar-refractivity contribution in [1.29, 1.82) is 0 Å². The summed E-state index contributed by atoms with van der Waals surface area (Å²) in [7, 11) is 0. The number of ether oxygens (including phenoxy) is 2. The summed E-state index contributed by atoms with van der Waals surface area (Å²) in [4.78, 5) is 38.3. The van der Waals surface area contributed by atoms with Crippen LogP contribution >= 0.6 is 68.5 Å². The second kappa shape index (κ2) is 11.0. The fourth-order valence-corrected chi connectivity index (χ4v) is 5.79. The number of carbonyl (C=O) groups excluding carboxylic acids is 3. The maximum atomic E-state index is 12.8. The SMILES string of the molecule is CCOC(=O)COc1c(I)cc(/C=C2/SC(=O)N(Cc3ccc(Cl)cc3)C2=O)cc1I. The molecule has 1 aliphatic heterocycles. The Morgan fingerprint density at radius 2 is 1.81 bits per heavy atom. The number of amides is 2. The van der Waals surface area contributed by atoms with Gasteiger partial charge in [-0.2, -0.15) is 0 Å². The van der Waals surface area contributed by atoms with Gasteiger partial charge in [0.2, 0.25) is 0 Å². The van der Waals surface area contributed by atoms with E-state index in [-0.39, 0.29) is 24.3 Å². The molecule has 1 aliphatic rings. The van der Waals surface area contributed by atoms with Crippen LogP contribution in [0.4, 0.5) is 4.79 Å². The van der Waals surface area contributed by atoms with Gasteiger partial charge >= 0.3 is 5.97 Å². The summed E-state index contributed by atoms with van der Waals surface area (Å²) in [6.45, 7) is 2.04. The minimum Gasteiger partial charge on any atom is -0.480 e. The molecule has 1 saturated heterocycles. The number of hydrogen-bond acceptors (Lipinski definition) is 6. The first kappa shape index (κ1) is 24.3. The Hall–Kier alpha value is -1.31. The zero-order valence-corrected chi connectivity index (χ0v) is 22.1. The molecule has 0 unspecified atom stereocenters. The summed E-state index contributed by atoms with van der Waals surface area (Å²) in [5.41, 5.74) is 1.58. The molecule has 2 aromatic rings. The van der Waals surface area contributed by atoms with E-state index in [9.17, 15) is 14.4 Å². The van der Waals surface area contributed by atoms with E-state index in [1.165, 1.54) is 4.90 Å². The number of hydrogen-bond donors (Lipinski definition) is 0. The van der Waals surface area contributed by atoms with E-state index in [1.54, 1.807) is 37.3 Å². The fourth-order valence-electron chi connectivity index (χ4n) is 2.69. The molecule has 1 heterocycles. The largest absolute Gasteiger partial charge is 0.480 e. The molecule has 0 bridgehead atoms. The number of carbonyl (C=O) groups is 3. The molecule has 0 atom stereocenters. The lowest BCUT2D eigenvalue weighted by atomic mass is 10.2. The molecule has 1 fully saturated rings. The molecule has 0 radical (unpaired) electrons. The van der Waals surface area contributed by atoms with Crippen LogP contribution in [0.1, 0.15) is 18.1 Å². The van der Waals surface area contributed by atoms with Crippen LogP contribution in [0.2, 0.25) is 5.02 Å². The van der Waals surface area contributed by atoms with Crippen molar-refractivity contribution < 1.29 is 23.9 Å². The molecule has 162 valence electrons. The summed E-state index contributed by atoms with van der Waals surface area (Å²) in [6, 6.07) is 10.7. The lowest BCUT2D eigenvalue weighted by molar-refractivity contribution is -0.145. The maximum absolute atomic E-state index is 12.8. The summed E-state index contributed by atoms with van der Waals surface area (Å²) >= 11 is 11.0. The van der Waals surface area contributed by atoms with E-state index in [0.717, 1.165) is 30.0 Å². The van der Waals surface area contributed by atoms with Crippen LogP contribution in [0.15, 0.2) is 41.3 Å². The standard InChI is InChI=1S/C21H16ClI2NO5S/c1-2-29-18(26)11-30-19-15(23)7-13(8-16(19)24)9-17-20(27)25(21(28)31-17)10-12-3-5-14(22)6-4-12/h3-9H,2,10-11H2,1H3/b17-9+. The molecule has 3 rings (SSSR count). The van der Waals surface area contributed by atoms with Crippen LogP contribution < -0.4 is 4.74 Å². The molecule has 0 spiro atoms. The van der Waals surface area contributed by atoms with Crippen LogP contribution in [0.5, 0.6) is 5.75 Å². The number of nitrogens with zero attached hydrogens (tertiary/aromatic N) is 1. The predicted molar refractivity (Wildman–Crippen MR) is 137 cm³/mol. The second-order valence-electron chi connectivity index (χ2n) is 6.30. The Morgan fingerprint density at radius 3 is 2.42 bits per heavy atom. The average molecular weight is 684 g/mol. The highest BCUT2D eigenvalue weighted by molar-refractivity contribution is 14.1. The highest BCUT2D eigenvalue weighted by atomic mass is 127. The fraction of sp³-hybridized carbons (Fsp3) is 0.190. The molecule has 2 amide bonds. The summed E-state index contributed by atoms with van der Waals surface area (Å²) in [6.07, 6.45) is 1.69. The molecule has 0 saturated carbocycles. The Morgan fingerprint density at radius 1 is 1.16 bits per heavy atom. The van der Waals surface area contributed by atoms with Gasteiger partial charge < -0.3 is 9.47 Å². The van der Waals surface area contributed by atoms with Crippen molar-refractivity contribution in [2.24, 2.45) is 0 Å². The third-order valence-corrected chi connectivity index (χ3v) is 6.85. The Labute approximate surface area is 215 Å². The van der Waals surface area contributed by atoms with E-state index in [0.29, 0.717) is 22.3 Å². The van der Waals surface area contributed by atoms with Crippen molar-refractivity contribution in [3.05, 3.63) is 64.6 Å². The van der Waals surface area contributed by atoms with Gasteiger partial charge in [0.15, 0.2) is 6.61 Å². The van der Waals surface area contributed by atoms with Gasteiger partial charge in [0.25, 0.3) is 11.1 Å². The van der Waals surface area contributed by atoms with Gasteiger partial charge in [-0.15, -0.1) is 0 Å². The third kappa shape index (κ3) is 6.36. The zero-order valence-electron chi connectivity index (χ0n) is 16.2. The lowest BCUT2D eigenvalue weighted by Crippen LogP contribution is -2.27. The van der Waals surface area contributed by atoms with Crippen LogP contribution in [0.25, 0.3) is 6.08 Å². The minimum atomic E-state index is -0.437. The topological polar surface area (TPSA) is 72.9 Å². The number of rotatable bonds is 7. The quantitative estimate of drug-likeness (QED) is 0.211. The van der Waals surface area contributed by atoms with Gasteiger partial charge in [0.05, 0.1) is 25.2 Å². The highest BCUT2D eigenvalue weighted by Crippen LogP contribution is 2.35. The van der Waals surface area contributed by atoms with Gasteiger partial charge in [-0.25, -0.2) is 4.79 Å². The molecule has 6 nitrogen and oxygen atoms in total. The lowest BCUT2D eigenvalue weighted by Gasteiger charge is -2.12. The summed E-state index contributed by atoms with van der Waals surface area (Å²) in [5.74, 6) is -0.201. The first-order valence-corrected chi connectivity index (χ1v) is 12.4. The molecule has 31 heavy (non-hydrogen) atoms. The van der Waals surface area contributed by atoms with Crippen molar-refractivity contribution in [3.8, 4) is 5.75 Å². The first-order chi connectivity index (χ1) is 14.8. The molecule has 0 N–H and O–H groups in total. The van der Waals surface area contributed by atoms with E-state index >= 15 is 0 Å². The van der Waals surface area contributed by atoms with Gasteiger partial charge in [-0.05, 0) is 105 Å². The second-order valence-corrected chi connectivity index (χ2v) is 10.1. The zero-order chi connectivity index (χ0) is 22.5. The molecule has 2 aromatic carbocycles. The van der Waals surface area contributed by atoms with Crippen molar-refractivity contribution in [2.45, 2.75) is 13.5 Å². The van der Waals surface area contributed by atoms with Crippen LogP contribution in [0, 0.1) is 7.14 Å². The molecule has 10 heteroatoms. The molecular formula is C21H16ClI2NO5S. The van der Waals surface area contributed by atoms with Crippen LogP contribution in [-0.4, -0.2) is 35.2 Å². The predicted octanol–water partition coefficient (Wildman–Crippen LogP) is 5.73. The third-order valence-electron chi connectivity index (χ3n) is 4.09. The van der Waals surface area contributed by atoms with Crippen molar-refractivity contribution in [2.75, 3.05) is 13.2 Å². The van der Waals surface area contributed by atoms with Crippen molar-refractivity contribution in [3.63, 3.8) is 0 Å². The molecule has 0 aliphatic carbocycles. The number of halogens is 3. The van der Waals surface area contributed by atoms with Crippen LogP contribution in [0.3, 0.4) is 0 Å². The van der Waals surface area contributed by atoms with Crippen LogP contribution in [-0.2, 0) is 20.9 Å². The van der Waals surface area contributed by atoms with Gasteiger partial charge in [0.1, 0.15) is 5.75 Å². The normalized spacial score (nSPS) is 15.0. The van der Waals surface area contributed by atoms with E-state index in [4.69, 9.17) is 21.1 Å². The van der Waals surface area contributed by atoms with Crippen molar-refractivity contribution in [1.82, 2.24) is 4.90 Å². The van der Waals surface area contributed by atoms with Crippen molar-refractivity contribution >= 4 is 91.7 Å². The maximum Gasteiger partial charge on any atom is 0.344 e. The molecule has 0 aromatic heterocycles. The number of benzene rings is 2. The van der Waals surface area contributed by atoms with E-state index in [1.807, 2.05) is 12.1 Å². The first-order valence-electron chi connectivity index (χ1n) is 9.05. The van der Waals surface area contributed by atoms with Gasteiger partial charge in [0, 0.05) is 5.02 Å². The minimum absolute atomic E-state index is 0.178. The van der Waals surface area contributed by atoms with E-state index < -0.39 is 5.97 Å². The van der Waals surface area contributed by atoms with Gasteiger partial charge in [-0.3, -0.25) is 14.5 Å². The summed E-state index contributed by atoms with van der Waals surface area (Å²) < 4.78 is 12.0.